The molecule has 1 aromatic carbocycles. The lowest BCUT2D eigenvalue weighted by Crippen LogP contribution is -2.49. The molecule has 0 radical (unpaired) electrons. The summed E-state index contributed by atoms with van der Waals surface area (Å²) in [6.07, 6.45) is 3.28. The summed E-state index contributed by atoms with van der Waals surface area (Å²) in [7, 11) is 1.70. The van der Waals surface area contributed by atoms with Crippen LogP contribution >= 0.6 is 0 Å². The van der Waals surface area contributed by atoms with E-state index in [0.717, 1.165) is 31.5 Å². The van der Waals surface area contributed by atoms with Gasteiger partial charge < -0.3 is 20.4 Å². The van der Waals surface area contributed by atoms with Gasteiger partial charge in [0, 0.05) is 18.7 Å². The van der Waals surface area contributed by atoms with Crippen molar-refractivity contribution in [1.29, 1.82) is 0 Å². The molecule has 0 unspecified atom stereocenters. The van der Waals surface area contributed by atoms with Crippen LogP contribution in [0.5, 0.6) is 0 Å². The van der Waals surface area contributed by atoms with E-state index >= 15 is 0 Å². The van der Waals surface area contributed by atoms with Crippen molar-refractivity contribution >= 4 is 5.91 Å². The van der Waals surface area contributed by atoms with E-state index < -0.39 is 0 Å². The zero-order chi connectivity index (χ0) is 18.1. The number of rotatable bonds is 3. The maximum absolute atomic E-state index is 12.8. The second-order valence-electron chi connectivity index (χ2n) is 7.01. The van der Waals surface area contributed by atoms with Gasteiger partial charge in [0.2, 0.25) is 0 Å². The van der Waals surface area contributed by atoms with Crippen molar-refractivity contribution in [2.45, 2.75) is 30.4 Å². The number of ether oxygens (including phenoxy) is 1. The van der Waals surface area contributed by atoms with E-state index in [0.29, 0.717) is 0 Å². The van der Waals surface area contributed by atoms with Crippen LogP contribution in [0, 0.1) is 0 Å². The molecule has 4 rings (SSSR count). The molecular formula is C20H23N3O3. The van der Waals surface area contributed by atoms with E-state index in [4.69, 9.17) is 4.74 Å². The number of pyridine rings is 1. The molecule has 0 bridgehead atoms. The van der Waals surface area contributed by atoms with Crippen molar-refractivity contribution in [1.82, 2.24) is 15.6 Å². The maximum Gasteiger partial charge on any atom is 0.260 e. The van der Waals surface area contributed by atoms with Crippen LogP contribution in [0.25, 0.3) is 0 Å². The number of H-pyrrole nitrogens is 1. The van der Waals surface area contributed by atoms with Crippen LogP contribution in [-0.4, -0.2) is 37.2 Å². The monoisotopic (exact) mass is 353 g/mol. The lowest BCUT2D eigenvalue weighted by atomic mass is 9.72. The Morgan fingerprint density at radius 1 is 1.19 bits per heavy atom. The second-order valence-corrected chi connectivity index (χ2v) is 7.01. The normalized spacial score (nSPS) is 23.6. The van der Waals surface area contributed by atoms with Crippen molar-refractivity contribution in [3.05, 3.63) is 69.6 Å². The van der Waals surface area contributed by atoms with Crippen LogP contribution in [0.2, 0.25) is 0 Å². The third-order valence-corrected chi connectivity index (χ3v) is 5.78. The van der Waals surface area contributed by atoms with E-state index in [1.807, 2.05) is 12.1 Å². The first kappa shape index (κ1) is 17.0. The van der Waals surface area contributed by atoms with Gasteiger partial charge in [-0.3, -0.25) is 9.59 Å². The van der Waals surface area contributed by atoms with Gasteiger partial charge in [0.25, 0.3) is 11.5 Å². The molecule has 0 saturated carbocycles. The Kier molecular flexibility index (Phi) is 4.38. The predicted octanol–water partition coefficient (Wildman–Crippen LogP) is 1.50. The summed E-state index contributed by atoms with van der Waals surface area (Å²) in [5, 5.41) is 6.47. The Morgan fingerprint density at radius 3 is 2.69 bits per heavy atom. The molecule has 2 aromatic rings. The lowest BCUT2D eigenvalue weighted by molar-refractivity contribution is 0.00395. The number of aromatic nitrogens is 1. The first-order chi connectivity index (χ1) is 12.7. The van der Waals surface area contributed by atoms with E-state index in [1.165, 1.54) is 17.8 Å². The van der Waals surface area contributed by atoms with Gasteiger partial charge in [-0.05, 0) is 49.2 Å². The molecule has 1 amide bonds. The zero-order valence-electron chi connectivity index (χ0n) is 14.7. The summed E-state index contributed by atoms with van der Waals surface area (Å²) in [5.41, 5.74) is 1.95. The predicted molar refractivity (Wildman–Crippen MR) is 98.3 cm³/mol. The molecule has 3 N–H and O–H groups in total. The van der Waals surface area contributed by atoms with Crippen molar-refractivity contribution < 1.29 is 9.53 Å². The van der Waals surface area contributed by atoms with Crippen LogP contribution in [0.4, 0.5) is 0 Å². The molecule has 2 heterocycles. The van der Waals surface area contributed by atoms with Gasteiger partial charge in [0.1, 0.15) is 5.56 Å². The smallest absolute Gasteiger partial charge is 0.260 e. The van der Waals surface area contributed by atoms with Crippen molar-refractivity contribution in [2.75, 3.05) is 20.2 Å². The van der Waals surface area contributed by atoms with Gasteiger partial charge >= 0.3 is 0 Å². The summed E-state index contributed by atoms with van der Waals surface area (Å²) in [4.78, 5) is 27.3. The minimum Gasteiger partial charge on any atom is -0.378 e. The second kappa shape index (κ2) is 6.70. The molecule has 1 aliphatic heterocycles. The maximum atomic E-state index is 12.8. The van der Waals surface area contributed by atoms with Crippen molar-refractivity contribution in [3.8, 4) is 0 Å². The summed E-state index contributed by atoms with van der Waals surface area (Å²) in [6.45, 7) is 1.85. The van der Waals surface area contributed by atoms with E-state index in [-0.39, 0.29) is 34.6 Å². The zero-order valence-corrected chi connectivity index (χ0v) is 14.7. The van der Waals surface area contributed by atoms with Gasteiger partial charge in [-0.1, -0.05) is 24.3 Å². The molecule has 2 aliphatic rings. The standard InChI is InChI=1S/C20H23N3O3/c1-26-17-16(23-19(25)14-6-4-10-22-18(14)24)13-5-2-3-7-15(13)20(17)8-11-21-12-9-20/h2-7,10,16-17,21H,8-9,11-12H2,1H3,(H,22,24)(H,23,25)/t16-,17+/m0/s1. The number of hydrogen-bond donors (Lipinski definition) is 3. The highest BCUT2D eigenvalue weighted by Gasteiger charge is 2.53. The largest absolute Gasteiger partial charge is 0.378 e. The summed E-state index contributed by atoms with van der Waals surface area (Å²) < 4.78 is 5.94. The van der Waals surface area contributed by atoms with Gasteiger partial charge in [-0.25, -0.2) is 0 Å². The number of fused-ring (bicyclic) bond motifs is 2. The van der Waals surface area contributed by atoms with Gasteiger partial charge in [-0.2, -0.15) is 0 Å². The Labute approximate surface area is 152 Å². The third kappa shape index (κ3) is 2.57. The molecule has 1 fully saturated rings. The van der Waals surface area contributed by atoms with Crippen molar-refractivity contribution in [3.63, 3.8) is 0 Å². The molecule has 1 aromatic heterocycles. The molecule has 6 nitrogen and oxygen atoms in total. The number of methoxy groups -OCH3 is 1. The number of hydrogen-bond acceptors (Lipinski definition) is 4. The van der Waals surface area contributed by atoms with Crippen LogP contribution in [0.15, 0.2) is 47.4 Å². The summed E-state index contributed by atoms with van der Waals surface area (Å²) in [6, 6.07) is 11.1. The number of carbonyl (C=O) groups excluding carboxylic acids is 1. The highest BCUT2D eigenvalue weighted by Crippen LogP contribution is 2.51. The fourth-order valence-corrected chi connectivity index (χ4v) is 4.62. The van der Waals surface area contributed by atoms with Crippen LogP contribution in [-0.2, 0) is 10.2 Å². The first-order valence-electron chi connectivity index (χ1n) is 8.99. The van der Waals surface area contributed by atoms with Crippen molar-refractivity contribution in [2.24, 2.45) is 0 Å². The SMILES string of the molecule is CO[C@@H]1[C@@H](NC(=O)c2ccc[nH]c2=O)c2ccccc2C12CCNCC2. The number of aromatic amines is 1. The number of nitrogens with one attached hydrogen (secondary N) is 3. The number of piperidine rings is 1. The van der Waals surface area contributed by atoms with E-state index in [1.54, 1.807) is 13.2 Å². The molecule has 1 spiro atoms. The minimum absolute atomic E-state index is 0.113. The van der Waals surface area contributed by atoms with Crippen LogP contribution < -0.4 is 16.2 Å². The lowest BCUT2D eigenvalue weighted by Gasteiger charge is -2.40. The van der Waals surface area contributed by atoms with Gasteiger partial charge in [0.05, 0.1) is 12.1 Å². The average molecular weight is 353 g/mol. The number of amides is 1. The van der Waals surface area contributed by atoms with E-state index in [9.17, 15) is 9.59 Å². The summed E-state index contributed by atoms with van der Waals surface area (Å²) >= 11 is 0. The average Bonchev–Trinajstić information content (AvgIpc) is 2.92. The van der Waals surface area contributed by atoms with Gasteiger partial charge in [0.15, 0.2) is 0 Å². The Bertz CT molecular complexity index is 870. The Hall–Kier alpha value is -2.44. The number of benzene rings is 1. The minimum atomic E-state index is -0.387. The molecule has 136 valence electrons. The fraction of sp³-hybridized carbons (Fsp3) is 0.400. The Balaban J connectivity index is 1.73. The van der Waals surface area contributed by atoms with E-state index in [2.05, 4.69) is 27.8 Å². The Morgan fingerprint density at radius 2 is 1.96 bits per heavy atom. The molecule has 6 heteroatoms. The molecular weight excluding hydrogens is 330 g/mol. The molecule has 26 heavy (non-hydrogen) atoms. The highest BCUT2D eigenvalue weighted by atomic mass is 16.5. The molecule has 1 saturated heterocycles. The first-order valence-corrected chi connectivity index (χ1v) is 8.99. The number of carbonyl (C=O) groups is 1. The third-order valence-electron chi connectivity index (χ3n) is 5.78. The topological polar surface area (TPSA) is 83.2 Å². The highest BCUT2D eigenvalue weighted by molar-refractivity contribution is 5.94. The summed E-state index contributed by atoms with van der Waals surface area (Å²) in [5.74, 6) is -0.375. The molecule has 1 aliphatic carbocycles. The van der Waals surface area contributed by atoms with Crippen LogP contribution in [0.3, 0.4) is 0 Å². The fourth-order valence-electron chi connectivity index (χ4n) is 4.62. The quantitative estimate of drug-likeness (QED) is 0.781. The van der Waals surface area contributed by atoms with Gasteiger partial charge in [-0.15, -0.1) is 0 Å². The molecule has 2 atom stereocenters. The van der Waals surface area contributed by atoms with Crippen LogP contribution in [0.1, 0.15) is 40.4 Å².